The number of carbonyl (C=O) groups is 1. The Morgan fingerprint density at radius 3 is 2.44 bits per heavy atom. The lowest BCUT2D eigenvalue weighted by Crippen LogP contribution is -2.42. The van der Waals surface area contributed by atoms with E-state index in [1.807, 2.05) is 14.0 Å². The summed E-state index contributed by atoms with van der Waals surface area (Å²) in [7, 11) is 1.87. The Morgan fingerprint density at radius 1 is 1.38 bits per heavy atom. The first-order valence-electron chi connectivity index (χ1n) is 6.53. The van der Waals surface area contributed by atoms with Gasteiger partial charge in [-0.15, -0.1) is 0 Å². The minimum absolute atomic E-state index is 0.151. The van der Waals surface area contributed by atoms with Crippen LogP contribution in [0, 0.1) is 11.8 Å². The Labute approximate surface area is 99.4 Å². The number of rotatable bonds is 5. The molecule has 1 aliphatic rings. The van der Waals surface area contributed by atoms with Crippen molar-refractivity contribution in [1.29, 1.82) is 0 Å². The number of likely N-dealkylation sites (N-methyl/N-ethyl adjacent to an activating group) is 1. The number of amides is 1. The molecule has 0 aromatic rings. The average molecular weight is 226 g/mol. The molecule has 1 rings (SSSR count). The van der Waals surface area contributed by atoms with Crippen LogP contribution in [0.15, 0.2) is 0 Å². The van der Waals surface area contributed by atoms with Crippen molar-refractivity contribution in [2.45, 2.75) is 52.0 Å². The normalized spacial score (nSPS) is 20.8. The van der Waals surface area contributed by atoms with Gasteiger partial charge in [0, 0.05) is 25.6 Å². The van der Waals surface area contributed by atoms with Crippen molar-refractivity contribution in [1.82, 2.24) is 4.90 Å². The predicted molar refractivity (Wildman–Crippen MR) is 67.0 cm³/mol. The lowest BCUT2D eigenvalue weighted by atomic mass is 9.93. The third-order valence-electron chi connectivity index (χ3n) is 3.93. The molecule has 0 saturated heterocycles. The fourth-order valence-corrected chi connectivity index (χ4v) is 2.57. The minimum atomic E-state index is 0.151. The highest BCUT2D eigenvalue weighted by molar-refractivity contribution is 5.78. The fraction of sp³-hybridized carbons (Fsp3) is 0.923. The van der Waals surface area contributed by atoms with Crippen LogP contribution < -0.4 is 5.73 Å². The molecule has 16 heavy (non-hydrogen) atoms. The highest BCUT2D eigenvalue weighted by Gasteiger charge is 2.25. The molecule has 0 bridgehead atoms. The largest absolute Gasteiger partial charge is 0.342 e. The van der Waals surface area contributed by atoms with E-state index in [9.17, 15) is 4.79 Å². The third-order valence-corrected chi connectivity index (χ3v) is 3.93. The standard InChI is InChI=1S/C13H26N2O/c1-10(8-12-6-4-5-7-12)13(16)15(3)11(2)9-14/h10-12H,4-9,14H2,1-3H3. The smallest absolute Gasteiger partial charge is 0.225 e. The Bertz CT molecular complexity index is 224. The van der Waals surface area contributed by atoms with Crippen LogP contribution in [0.1, 0.15) is 46.0 Å². The maximum Gasteiger partial charge on any atom is 0.225 e. The van der Waals surface area contributed by atoms with Crippen molar-refractivity contribution in [3.63, 3.8) is 0 Å². The van der Waals surface area contributed by atoms with E-state index >= 15 is 0 Å². The fourth-order valence-electron chi connectivity index (χ4n) is 2.57. The van der Waals surface area contributed by atoms with Gasteiger partial charge in [0.25, 0.3) is 0 Å². The number of nitrogens with two attached hydrogens (primary N) is 1. The number of hydrogen-bond acceptors (Lipinski definition) is 2. The molecule has 2 N–H and O–H groups in total. The zero-order valence-corrected chi connectivity index (χ0v) is 10.9. The monoisotopic (exact) mass is 226 g/mol. The summed E-state index contributed by atoms with van der Waals surface area (Å²) in [6, 6.07) is 0.151. The van der Waals surface area contributed by atoms with E-state index in [0.29, 0.717) is 6.54 Å². The van der Waals surface area contributed by atoms with Gasteiger partial charge in [0.15, 0.2) is 0 Å². The van der Waals surface area contributed by atoms with Crippen molar-refractivity contribution in [2.75, 3.05) is 13.6 Å². The van der Waals surface area contributed by atoms with Gasteiger partial charge in [-0.25, -0.2) is 0 Å². The van der Waals surface area contributed by atoms with Gasteiger partial charge in [0.05, 0.1) is 0 Å². The van der Waals surface area contributed by atoms with Gasteiger partial charge in [-0.3, -0.25) is 4.79 Å². The van der Waals surface area contributed by atoms with E-state index in [-0.39, 0.29) is 17.9 Å². The van der Waals surface area contributed by atoms with Gasteiger partial charge in [-0.2, -0.15) is 0 Å². The number of nitrogens with zero attached hydrogens (tertiary/aromatic N) is 1. The second-order valence-electron chi connectivity index (χ2n) is 5.32. The Kier molecular flexibility index (Phi) is 5.26. The molecular formula is C13H26N2O. The van der Waals surface area contributed by atoms with E-state index < -0.39 is 0 Å². The van der Waals surface area contributed by atoms with Gasteiger partial charge in [0.2, 0.25) is 5.91 Å². The third kappa shape index (κ3) is 3.48. The van der Waals surface area contributed by atoms with Crippen LogP contribution in [0.2, 0.25) is 0 Å². The minimum Gasteiger partial charge on any atom is -0.342 e. The molecular weight excluding hydrogens is 200 g/mol. The summed E-state index contributed by atoms with van der Waals surface area (Å²) in [6.45, 7) is 4.60. The van der Waals surface area contributed by atoms with Crippen LogP contribution in [-0.4, -0.2) is 30.4 Å². The molecule has 2 atom stereocenters. The maximum absolute atomic E-state index is 12.1. The van der Waals surface area contributed by atoms with Crippen LogP contribution in [0.3, 0.4) is 0 Å². The lowest BCUT2D eigenvalue weighted by Gasteiger charge is -2.27. The first kappa shape index (κ1) is 13.5. The predicted octanol–water partition coefficient (Wildman–Crippen LogP) is 2.01. The SMILES string of the molecule is CC(CC1CCCC1)C(=O)N(C)C(C)CN. The quantitative estimate of drug-likeness (QED) is 0.779. The molecule has 94 valence electrons. The molecule has 0 spiro atoms. The summed E-state index contributed by atoms with van der Waals surface area (Å²) in [5.74, 6) is 1.19. The summed E-state index contributed by atoms with van der Waals surface area (Å²) in [6.07, 6.45) is 6.38. The van der Waals surface area contributed by atoms with Gasteiger partial charge >= 0.3 is 0 Å². The molecule has 3 nitrogen and oxygen atoms in total. The molecule has 1 amide bonds. The highest BCUT2D eigenvalue weighted by Crippen LogP contribution is 2.30. The molecule has 1 fully saturated rings. The van der Waals surface area contributed by atoms with Crippen molar-refractivity contribution >= 4 is 5.91 Å². The molecule has 0 heterocycles. The van der Waals surface area contributed by atoms with Crippen LogP contribution >= 0.6 is 0 Å². The van der Waals surface area contributed by atoms with Crippen LogP contribution in [0.5, 0.6) is 0 Å². The van der Waals surface area contributed by atoms with Crippen LogP contribution in [-0.2, 0) is 4.79 Å². The van der Waals surface area contributed by atoms with Gasteiger partial charge in [-0.1, -0.05) is 32.6 Å². The summed E-state index contributed by atoms with van der Waals surface area (Å²) in [5, 5.41) is 0. The second-order valence-corrected chi connectivity index (χ2v) is 5.32. The molecule has 0 aliphatic heterocycles. The molecule has 1 aliphatic carbocycles. The number of hydrogen-bond donors (Lipinski definition) is 1. The summed E-state index contributed by atoms with van der Waals surface area (Å²) in [4.78, 5) is 13.9. The molecule has 0 radical (unpaired) electrons. The van der Waals surface area contributed by atoms with Crippen molar-refractivity contribution in [2.24, 2.45) is 17.6 Å². The first-order valence-corrected chi connectivity index (χ1v) is 6.53. The molecule has 0 aromatic heterocycles. The number of carbonyl (C=O) groups excluding carboxylic acids is 1. The maximum atomic E-state index is 12.1. The van der Waals surface area contributed by atoms with E-state index in [4.69, 9.17) is 5.73 Å². The van der Waals surface area contributed by atoms with E-state index in [1.165, 1.54) is 25.7 Å². The van der Waals surface area contributed by atoms with E-state index in [1.54, 1.807) is 4.90 Å². The lowest BCUT2D eigenvalue weighted by molar-refractivity contribution is -0.135. The Balaban J connectivity index is 2.39. The van der Waals surface area contributed by atoms with Gasteiger partial charge in [-0.05, 0) is 19.3 Å². The second kappa shape index (κ2) is 6.24. The Morgan fingerprint density at radius 2 is 1.94 bits per heavy atom. The highest BCUT2D eigenvalue weighted by atomic mass is 16.2. The topological polar surface area (TPSA) is 46.3 Å². The van der Waals surface area contributed by atoms with Gasteiger partial charge in [0.1, 0.15) is 0 Å². The first-order chi connectivity index (χ1) is 7.56. The van der Waals surface area contributed by atoms with E-state index in [2.05, 4.69) is 6.92 Å². The van der Waals surface area contributed by atoms with Crippen LogP contribution in [0.4, 0.5) is 0 Å². The molecule has 1 saturated carbocycles. The molecule has 2 unspecified atom stereocenters. The zero-order valence-electron chi connectivity index (χ0n) is 10.9. The Hall–Kier alpha value is -0.570. The van der Waals surface area contributed by atoms with Crippen molar-refractivity contribution in [3.05, 3.63) is 0 Å². The molecule has 3 heteroatoms. The van der Waals surface area contributed by atoms with Crippen molar-refractivity contribution in [3.8, 4) is 0 Å². The summed E-state index contributed by atoms with van der Waals surface area (Å²) >= 11 is 0. The van der Waals surface area contributed by atoms with Crippen molar-refractivity contribution < 1.29 is 4.79 Å². The van der Waals surface area contributed by atoms with Crippen LogP contribution in [0.25, 0.3) is 0 Å². The molecule has 0 aromatic carbocycles. The zero-order chi connectivity index (χ0) is 12.1. The average Bonchev–Trinajstić information content (AvgIpc) is 2.78. The summed E-state index contributed by atoms with van der Waals surface area (Å²) < 4.78 is 0. The summed E-state index contributed by atoms with van der Waals surface area (Å²) in [5.41, 5.74) is 5.58. The van der Waals surface area contributed by atoms with E-state index in [0.717, 1.165) is 12.3 Å². The van der Waals surface area contributed by atoms with Gasteiger partial charge < -0.3 is 10.6 Å².